The average Bonchev–Trinajstić information content (AvgIpc) is 3.25. The quantitative estimate of drug-likeness (QED) is 0.614. The summed E-state index contributed by atoms with van der Waals surface area (Å²) >= 11 is 0. The van der Waals surface area contributed by atoms with Gasteiger partial charge in [-0.1, -0.05) is 0 Å². The molecule has 2 aliphatic rings. The predicted octanol–water partition coefficient (Wildman–Crippen LogP) is 0.0743. The molecule has 0 bridgehead atoms. The number of hydrogen-bond donors (Lipinski definition) is 2. The molecule has 10 nitrogen and oxygen atoms in total. The normalized spacial score (nSPS) is 21.7. The Bertz CT molecular complexity index is 1200. The molecule has 3 amide bonds. The minimum atomic E-state index is -4.18. The molecule has 34 heavy (non-hydrogen) atoms. The van der Waals surface area contributed by atoms with E-state index >= 15 is 0 Å². The van der Waals surface area contributed by atoms with E-state index in [2.05, 4.69) is 10.6 Å². The predicted molar refractivity (Wildman–Crippen MR) is 120 cm³/mol. The van der Waals surface area contributed by atoms with Gasteiger partial charge in [0.2, 0.25) is 21.8 Å². The molecular formula is C22H26FN5O5S. The van der Waals surface area contributed by atoms with Crippen LogP contribution in [0.5, 0.6) is 0 Å². The molecule has 182 valence electrons. The van der Waals surface area contributed by atoms with Crippen molar-refractivity contribution in [3.8, 4) is 0 Å². The lowest BCUT2D eigenvalue weighted by Gasteiger charge is -2.40. The number of hydrogen-bond acceptors (Lipinski definition) is 5. The van der Waals surface area contributed by atoms with E-state index in [4.69, 9.17) is 0 Å². The molecular weight excluding hydrogens is 465 g/mol. The second kappa shape index (κ2) is 9.55. The zero-order valence-corrected chi connectivity index (χ0v) is 19.4. The van der Waals surface area contributed by atoms with Gasteiger partial charge in [-0.25, -0.2) is 12.8 Å². The summed E-state index contributed by atoms with van der Waals surface area (Å²) in [6.07, 6.45) is 2.83. The highest BCUT2D eigenvalue weighted by molar-refractivity contribution is 7.89. The maximum atomic E-state index is 13.4. The third-order valence-corrected chi connectivity index (χ3v) is 8.03. The van der Waals surface area contributed by atoms with E-state index in [1.807, 2.05) is 0 Å². The number of amides is 3. The monoisotopic (exact) mass is 491 g/mol. The first-order chi connectivity index (χ1) is 16.2. The molecule has 2 aliphatic heterocycles. The van der Waals surface area contributed by atoms with Gasteiger partial charge in [0.15, 0.2) is 0 Å². The molecule has 1 aromatic carbocycles. The summed E-state index contributed by atoms with van der Waals surface area (Å²) in [5.74, 6) is -1.92. The van der Waals surface area contributed by atoms with Crippen molar-refractivity contribution < 1.29 is 27.2 Å². The van der Waals surface area contributed by atoms with E-state index in [0.29, 0.717) is 25.1 Å². The molecule has 3 heterocycles. The van der Waals surface area contributed by atoms with Gasteiger partial charge in [-0.05, 0) is 49.2 Å². The van der Waals surface area contributed by atoms with Gasteiger partial charge in [0.25, 0.3) is 5.91 Å². The molecule has 0 spiro atoms. The van der Waals surface area contributed by atoms with Gasteiger partial charge >= 0.3 is 0 Å². The first kappa shape index (κ1) is 23.9. The smallest absolute Gasteiger partial charge is 0.270 e. The average molecular weight is 492 g/mol. The summed E-state index contributed by atoms with van der Waals surface area (Å²) < 4.78 is 42.8. The molecule has 2 aromatic rings. The molecule has 2 saturated heterocycles. The Hall–Kier alpha value is -3.25. The van der Waals surface area contributed by atoms with Crippen molar-refractivity contribution in [3.63, 3.8) is 0 Å². The Morgan fingerprint density at radius 1 is 1.15 bits per heavy atom. The van der Waals surface area contributed by atoms with Crippen LogP contribution < -0.4 is 10.6 Å². The number of aryl methyl sites for hydroxylation is 1. The number of aromatic nitrogens is 1. The number of nitrogens with one attached hydrogen (secondary N) is 2. The molecule has 0 saturated carbocycles. The number of carbonyl (C=O) groups is 3. The van der Waals surface area contributed by atoms with Crippen LogP contribution in [0, 0.1) is 5.82 Å². The van der Waals surface area contributed by atoms with Gasteiger partial charge in [0.05, 0.1) is 4.90 Å². The number of carbonyl (C=O) groups excluding carboxylic acids is 3. The summed E-state index contributed by atoms with van der Waals surface area (Å²) in [6, 6.07) is 5.65. The van der Waals surface area contributed by atoms with Crippen molar-refractivity contribution in [2.45, 2.75) is 29.8 Å². The second-order valence-corrected chi connectivity index (χ2v) is 10.2. The topological polar surface area (TPSA) is 121 Å². The zero-order valence-electron chi connectivity index (χ0n) is 18.6. The highest BCUT2D eigenvalue weighted by Crippen LogP contribution is 2.23. The number of sulfonamides is 1. The van der Waals surface area contributed by atoms with E-state index in [0.717, 1.165) is 28.6 Å². The van der Waals surface area contributed by atoms with E-state index in [-0.39, 0.29) is 36.3 Å². The van der Waals surface area contributed by atoms with Crippen LogP contribution in [-0.2, 0) is 26.7 Å². The maximum absolute atomic E-state index is 13.4. The standard InChI is InChI=1S/C22H26FN5O5S/c1-26-11-3-5-18(26)22(31)27-12-13-28(34(32,33)16-8-6-15(23)7-9-16)19(14-27)21(30)25-17-4-2-10-24-20(17)29/h3,5-9,11,17,19H,2,4,10,12-14H2,1H3,(H,24,29)(H,25,30)/t17-,19-/m1/s1. The van der Waals surface area contributed by atoms with Gasteiger partial charge < -0.3 is 20.1 Å². The van der Waals surface area contributed by atoms with Crippen LogP contribution in [0.2, 0.25) is 0 Å². The van der Waals surface area contributed by atoms with Gasteiger partial charge in [-0.2, -0.15) is 4.31 Å². The van der Waals surface area contributed by atoms with E-state index < -0.39 is 33.8 Å². The summed E-state index contributed by atoms with van der Waals surface area (Å²) in [7, 11) is -2.46. The lowest BCUT2D eigenvalue weighted by Crippen LogP contribution is -2.63. The lowest BCUT2D eigenvalue weighted by atomic mass is 10.1. The van der Waals surface area contributed by atoms with E-state index in [1.54, 1.807) is 29.9 Å². The Kier molecular flexibility index (Phi) is 6.71. The third kappa shape index (κ3) is 4.68. The van der Waals surface area contributed by atoms with Crippen LogP contribution in [0.15, 0.2) is 47.5 Å². The highest BCUT2D eigenvalue weighted by atomic mass is 32.2. The molecule has 0 unspecified atom stereocenters. The Balaban J connectivity index is 1.62. The van der Waals surface area contributed by atoms with Crippen LogP contribution in [0.4, 0.5) is 4.39 Å². The van der Waals surface area contributed by atoms with Gasteiger partial charge in [0, 0.05) is 39.4 Å². The number of halogens is 1. The molecule has 2 N–H and O–H groups in total. The Morgan fingerprint density at radius 2 is 1.88 bits per heavy atom. The molecule has 2 atom stereocenters. The minimum absolute atomic E-state index is 0.0676. The fraction of sp³-hybridized carbons (Fsp3) is 0.409. The van der Waals surface area contributed by atoms with E-state index in [9.17, 15) is 27.2 Å². The second-order valence-electron chi connectivity index (χ2n) is 8.34. The van der Waals surface area contributed by atoms with Crippen molar-refractivity contribution in [3.05, 3.63) is 54.1 Å². The van der Waals surface area contributed by atoms with Gasteiger partial charge in [0.1, 0.15) is 23.6 Å². The molecule has 4 rings (SSSR count). The van der Waals surface area contributed by atoms with Gasteiger partial charge in [-0.15, -0.1) is 0 Å². The number of piperidine rings is 1. The molecule has 0 aliphatic carbocycles. The van der Waals surface area contributed by atoms with Crippen LogP contribution in [0.25, 0.3) is 0 Å². The fourth-order valence-corrected chi connectivity index (χ4v) is 5.79. The van der Waals surface area contributed by atoms with Crippen molar-refractivity contribution in [2.24, 2.45) is 7.05 Å². The summed E-state index contributed by atoms with van der Waals surface area (Å²) in [5.41, 5.74) is 0.403. The lowest BCUT2D eigenvalue weighted by molar-refractivity contribution is -0.132. The largest absolute Gasteiger partial charge is 0.354 e. The van der Waals surface area contributed by atoms with Crippen molar-refractivity contribution >= 4 is 27.7 Å². The Labute approximate surface area is 196 Å². The Morgan fingerprint density at radius 3 is 2.53 bits per heavy atom. The first-order valence-electron chi connectivity index (χ1n) is 10.9. The first-order valence-corrected chi connectivity index (χ1v) is 12.4. The number of rotatable bonds is 5. The van der Waals surface area contributed by atoms with E-state index in [1.165, 1.54) is 4.90 Å². The zero-order chi connectivity index (χ0) is 24.5. The van der Waals surface area contributed by atoms with Crippen LogP contribution in [-0.4, -0.2) is 78.2 Å². The minimum Gasteiger partial charge on any atom is -0.354 e. The summed E-state index contributed by atoms with van der Waals surface area (Å²) in [4.78, 5) is 39.7. The van der Waals surface area contributed by atoms with Crippen molar-refractivity contribution in [1.82, 2.24) is 24.4 Å². The third-order valence-electron chi connectivity index (χ3n) is 6.11. The molecule has 1 aromatic heterocycles. The number of benzene rings is 1. The van der Waals surface area contributed by atoms with Crippen LogP contribution in [0.1, 0.15) is 23.3 Å². The maximum Gasteiger partial charge on any atom is 0.270 e. The number of piperazine rings is 1. The molecule has 0 radical (unpaired) electrons. The summed E-state index contributed by atoms with van der Waals surface area (Å²) in [5, 5.41) is 5.32. The van der Waals surface area contributed by atoms with Crippen LogP contribution >= 0.6 is 0 Å². The molecule has 12 heteroatoms. The SMILES string of the molecule is Cn1cccc1C(=O)N1CCN(S(=O)(=O)c2ccc(F)cc2)[C@@H](C(=O)N[C@@H]2CCCNC2=O)C1. The van der Waals surface area contributed by atoms with Crippen LogP contribution in [0.3, 0.4) is 0 Å². The molecule has 2 fully saturated rings. The highest BCUT2D eigenvalue weighted by Gasteiger charge is 2.42. The van der Waals surface area contributed by atoms with Crippen molar-refractivity contribution in [2.75, 3.05) is 26.2 Å². The van der Waals surface area contributed by atoms with Crippen molar-refractivity contribution in [1.29, 1.82) is 0 Å². The number of nitrogens with zero attached hydrogens (tertiary/aromatic N) is 3. The fourth-order valence-electron chi connectivity index (χ4n) is 4.22. The van der Waals surface area contributed by atoms with Gasteiger partial charge in [-0.3, -0.25) is 14.4 Å². The summed E-state index contributed by atoms with van der Waals surface area (Å²) in [6.45, 7) is 0.256.